The lowest BCUT2D eigenvalue weighted by Gasteiger charge is -2.26. The van der Waals surface area contributed by atoms with Gasteiger partial charge in [0, 0.05) is 14.1 Å². The predicted octanol–water partition coefficient (Wildman–Crippen LogP) is 1.24. The third-order valence-electron chi connectivity index (χ3n) is 2.54. The fraction of sp³-hybridized carbons (Fsp3) is 0.455. The molecule has 1 heterocycles. The van der Waals surface area contributed by atoms with Gasteiger partial charge in [-0.2, -0.15) is 0 Å². The molecule has 0 bridgehead atoms. The molecule has 1 unspecified atom stereocenters. The summed E-state index contributed by atoms with van der Waals surface area (Å²) in [4.78, 5) is 25.2. The van der Waals surface area contributed by atoms with Crippen molar-refractivity contribution in [2.75, 3.05) is 14.1 Å². The molecule has 0 saturated heterocycles. The maximum absolute atomic E-state index is 11.9. The molecular formula is C11H16N2O4. The summed E-state index contributed by atoms with van der Waals surface area (Å²) in [6.45, 7) is 1.77. The van der Waals surface area contributed by atoms with E-state index in [2.05, 4.69) is 0 Å². The third kappa shape index (κ3) is 3.24. The largest absolute Gasteiger partial charge is 0.480 e. The Bertz CT molecular complexity index is 388. The Morgan fingerprint density at radius 2 is 2.12 bits per heavy atom. The van der Waals surface area contributed by atoms with Crippen LogP contribution in [0.1, 0.15) is 12.7 Å². The lowest BCUT2D eigenvalue weighted by atomic mass is 10.3. The van der Waals surface area contributed by atoms with E-state index in [-0.39, 0.29) is 6.03 Å². The van der Waals surface area contributed by atoms with Crippen molar-refractivity contribution in [3.05, 3.63) is 24.2 Å². The third-order valence-corrected chi connectivity index (χ3v) is 2.54. The minimum absolute atomic E-state index is 0.308. The molecule has 2 amide bonds. The molecule has 6 nitrogen and oxygen atoms in total. The summed E-state index contributed by atoms with van der Waals surface area (Å²) in [5.41, 5.74) is 0. The summed E-state index contributed by atoms with van der Waals surface area (Å²) >= 11 is 0. The average molecular weight is 240 g/mol. The molecule has 0 radical (unpaired) electrons. The number of carboxylic acids is 1. The number of carbonyl (C=O) groups excluding carboxylic acids is 1. The highest BCUT2D eigenvalue weighted by Gasteiger charge is 2.24. The number of aliphatic carboxylic acids is 1. The highest BCUT2D eigenvalue weighted by atomic mass is 16.4. The van der Waals surface area contributed by atoms with Gasteiger partial charge in [0.15, 0.2) is 0 Å². The van der Waals surface area contributed by atoms with E-state index in [0.717, 1.165) is 0 Å². The van der Waals surface area contributed by atoms with Crippen molar-refractivity contribution in [1.82, 2.24) is 9.80 Å². The van der Waals surface area contributed by atoms with Gasteiger partial charge >= 0.3 is 12.0 Å². The first-order chi connectivity index (χ1) is 7.93. The van der Waals surface area contributed by atoms with Gasteiger partial charge in [-0.1, -0.05) is 0 Å². The summed E-state index contributed by atoms with van der Waals surface area (Å²) in [6.07, 6.45) is 1.53. The number of carboxylic acid groups (broad SMARTS) is 1. The van der Waals surface area contributed by atoms with Crippen molar-refractivity contribution < 1.29 is 19.1 Å². The Labute approximate surface area is 99.4 Å². The number of carbonyl (C=O) groups is 2. The average Bonchev–Trinajstić information content (AvgIpc) is 2.78. The summed E-state index contributed by atoms with van der Waals surface area (Å²) in [5, 5.41) is 8.81. The minimum Gasteiger partial charge on any atom is -0.480 e. The van der Waals surface area contributed by atoms with Gasteiger partial charge in [0.25, 0.3) is 0 Å². The number of amides is 2. The molecule has 1 rings (SSSR count). The van der Waals surface area contributed by atoms with E-state index in [4.69, 9.17) is 9.52 Å². The van der Waals surface area contributed by atoms with E-state index in [0.29, 0.717) is 12.3 Å². The number of urea groups is 1. The Hall–Kier alpha value is -1.98. The zero-order valence-corrected chi connectivity index (χ0v) is 10.1. The standard InChI is InChI=1S/C11H16N2O4/c1-8(10(14)15)13(3)11(16)12(2)7-9-5-4-6-17-9/h4-6,8H,7H2,1-3H3,(H,14,15). The maximum Gasteiger partial charge on any atom is 0.326 e. The number of rotatable bonds is 4. The number of hydrogen-bond donors (Lipinski definition) is 1. The first kappa shape index (κ1) is 13.1. The van der Waals surface area contributed by atoms with Crippen LogP contribution in [0.3, 0.4) is 0 Å². The van der Waals surface area contributed by atoms with Crippen LogP contribution in [0, 0.1) is 0 Å². The number of hydrogen-bond acceptors (Lipinski definition) is 3. The van der Waals surface area contributed by atoms with Gasteiger partial charge < -0.3 is 19.3 Å². The van der Waals surface area contributed by atoms with Crippen LogP contribution in [-0.4, -0.2) is 47.0 Å². The molecule has 0 aliphatic rings. The summed E-state index contributed by atoms with van der Waals surface area (Å²) in [7, 11) is 3.05. The molecule has 0 fully saturated rings. The monoisotopic (exact) mass is 240 g/mol. The van der Waals surface area contributed by atoms with Crippen molar-refractivity contribution >= 4 is 12.0 Å². The second-order valence-electron chi connectivity index (χ2n) is 3.84. The van der Waals surface area contributed by atoms with Crippen LogP contribution < -0.4 is 0 Å². The van der Waals surface area contributed by atoms with Crippen LogP contribution in [0.25, 0.3) is 0 Å². The quantitative estimate of drug-likeness (QED) is 0.859. The molecule has 1 N–H and O–H groups in total. The molecule has 0 aliphatic carbocycles. The molecule has 1 atom stereocenters. The topological polar surface area (TPSA) is 74.0 Å². The molecule has 0 spiro atoms. The van der Waals surface area contributed by atoms with Crippen LogP contribution in [0.5, 0.6) is 0 Å². The SMILES string of the molecule is CC(C(=O)O)N(C)C(=O)N(C)Cc1ccco1. The number of furan rings is 1. The smallest absolute Gasteiger partial charge is 0.326 e. The fourth-order valence-corrected chi connectivity index (χ4v) is 1.30. The molecule has 0 aliphatic heterocycles. The Kier molecular flexibility index (Phi) is 4.14. The zero-order valence-electron chi connectivity index (χ0n) is 10.1. The molecule has 94 valence electrons. The van der Waals surface area contributed by atoms with Gasteiger partial charge in [-0.25, -0.2) is 9.59 Å². The Morgan fingerprint density at radius 3 is 2.59 bits per heavy atom. The van der Waals surface area contributed by atoms with Crippen LogP contribution in [0.15, 0.2) is 22.8 Å². The summed E-state index contributed by atoms with van der Waals surface area (Å²) in [5.74, 6) is -0.385. The van der Waals surface area contributed by atoms with Crippen LogP contribution in [-0.2, 0) is 11.3 Å². The van der Waals surface area contributed by atoms with Crippen molar-refractivity contribution in [3.8, 4) is 0 Å². The predicted molar refractivity (Wildman–Crippen MR) is 60.4 cm³/mol. The molecule has 0 aromatic carbocycles. The summed E-state index contributed by atoms with van der Waals surface area (Å²) < 4.78 is 5.11. The van der Waals surface area contributed by atoms with Gasteiger partial charge in [0.2, 0.25) is 0 Å². The van der Waals surface area contributed by atoms with Gasteiger partial charge in [-0.15, -0.1) is 0 Å². The number of nitrogens with zero attached hydrogens (tertiary/aromatic N) is 2. The van der Waals surface area contributed by atoms with Crippen molar-refractivity contribution in [2.24, 2.45) is 0 Å². The second-order valence-corrected chi connectivity index (χ2v) is 3.84. The first-order valence-electron chi connectivity index (χ1n) is 5.16. The van der Waals surface area contributed by atoms with E-state index in [9.17, 15) is 9.59 Å². The van der Waals surface area contributed by atoms with Crippen molar-refractivity contribution in [3.63, 3.8) is 0 Å². The molecular weight excluding hydrogens is 224 g/mol. The fourth-order valence-electron chi connectivity index (χ4n) is 1.30. The normalized spacial score (nSPS) is 11.9. The Morgan fingerprint density at radius 1 is 1.47 bits per heavy atom. The van der Waals surface area contributed by atoms with Crippen LogP contribution in [0.2, 0.25) is 0 Å². The van der Waals surface area contributed by atoms with E-state index < -0.39 is 12.0 Å². The van der Waals surface area contributed by atoms with E-state index in [1.807, 2.05) is 0 Å². The lowest BCUT2D eigenvalue weighted by Crippen LogP contribution is -2.46. The maximum atomic E-state index is 11.9. The number of likely N-dealkylation sites (N-methyl/N-ethyl adjacent to an activating group) is 1. The molecule has 1 aromatic rings. The second kappa shape index (κ2) is 5.38. The van der Waals surface area contributed by atoms with E-state index in [1.165, 1.54) is 30.0 Å². The van der Waals surface area contributed by atoms with Crippen molar-refractivity contribution in [2.45, 2.75) is 19.5 Å². The van der Waals surface area contributed by atoms with Gasteiger partial charge in [0.1, 0.15) is 11.8 Å². The molecule has 0 saturated carbocycles. The van der Waals surface area contributed by atoms with E-state index >= 15 is 0 Å². The first-order valence-corrected chi connectivity index (χ1v) is 5.16. The highest BCUT2D eigenvalue weighted by molar-refractivity contribution is 5.81. The Balaban J connectivity index is 2.60. The van der Waals surface area contributed by atoms with Crippen LogP contribution >= 0.6 is 0 Å². The van der Waals surface area contributed by atoms with Crippen LogP contribution in [0.4, 0.5) is 4.79 Å². The molecule has 1 aromatic heterocycles. The molecule has 6 heteroatoms. The highest BCUT2D eigenvalue weighted by Crippen LogP contribution is 2.07. The van der Waals surface area contributed by atoms with Gasteiger partial charge in [0.05, 0.1) is 12.8 Å². The summed E-state index contributed by atoms with van der Waals surface area (Å²) in [6, 6.07) is 2.26. The molecule has 17 heavy (non-hydrogen) atoms. The van der Waals surface area contributed by atoms with Crippen molar-refractivity contribution in [1.29, 1.82) is 0 Å². The zero-order chi connectivity index (χ0) is 13.0. The van der Waals surface area contributed by atoms with E-state index in [1.54, 1.807) is 19.2 Å². The lowest BCUT2D eigenvalue weighted by molar-refractivity contribution is -0.141. The van der Waals surface area contributed by atoms with Gasteiger partial charge in [-0.3, -0.25) is 0 Å². The minimum atomic E-state index is -1.03. The van der Waals surface area contributed by atoms with Gasteiger partial charge in [-0.05, 0) is 19.1 Å².